The van der Waals surface area contributed by atoms with E-state index in [9.17, 15) is 13.2 Å². The van der Waals surface area contributed by atoms with Gasteiger partial charge in [0.2, 0.25) is 0 Å². The molecular formula is C22H34F3IN4O2. The summed E-state index contributed by atoms with van der Waals surface area (Å²) < 4.78 is 49.3. The summed E-state index contributed by atoms with van der Waals surface area (Å²) in [5.41, 5.74) is 2.11. The zero-order chi connectivity index (χ0) is 22.3. The van der Waals surface area contributed by atoms with E-state index in [4.69, 9.17) is 9.47 Å². The Hall–Kier alpha value is -1.27. The number of alkyl halides is 3. The van der Waals surface area contributed by atoms with Gasteiger partial charge in [0.15, 0.2) is 5.96 Å². The first-order chi connectivity index (χ1) is 14.8. The lowest BCUT2D eigenvalue weighted by Gasteiger charge is -2.19. The molecule has 1 aromatic carbocycles. The SMILES string of the molecule is CCNC(=NCc1ccc(C)cc1OC1CCOC1)NCC1CCN(CC(F)(F)F)C1.I. The number of benzene rings is 1. The fourth-order valence-corrected chi connectivity index (χ4v) is 3.91. The number of aliphatic imine (C=N–C) groups is 1. The predicted octanol–water partition coefficient (Wildman–Crippen LogP) is 3.72. The molecule has 0 aromatic heterocycles. The van der Waals surface area contributed by atoms with Crippen LogP contribution >= 0.6 is 24.0 Å². The maximum absolute atomic E-state index is 12.6. The lowest BCUT2D eigenvalue weighted by Crippen LogP contribution is -2.40. The summed E-state index contributed by atoms with van der Waals surface area (Å²) >= 11 is 0. The lowest BCUT2D eigenvalue weighted by atomic mass is 10.1. The summed E-state index contributed by atoms with van der Waals surface area (Å²) in [4.78, 5) is 6.15. The molecule has 0 amide bonds. The number of hydrogen-bond donors (Lipinski definition) is 2. The minimum Gasteiger partial charge on any atom is -0.488 e. The van der Waals surface area contributed by atoms with E-state index in [1.165, 1.54) is 4.90 Å². The number of guanidine groups is 1. The minimum atomic E-state index is -4.14. The Morgan fingerprint density at radius 3 is 2.78 bits per heavy atom. The first kappa shape index (κ1) is 27.0. The van der Waals surface area contributed by atoms with Crippen LogP contribution in [-0.2, 0) is 11.3 Å². The lowest BCUT2D eigenvalue weighted by molar-refractivity contribution is -0.143. The standard InChI is InChI=1S/C22H33F3N4O2.HI/c1-3-26-21(27-11-17-6-8-29(13-17)15-22(23,24)25)28-12-18-5-4-16(2)10-20(18)31-19-7-9-30-14-19;/h4-5,10,17,19H,3,6-9,11-15H2,1-2H3,(H2,26,27,28);1H. The molecule has 0 aliphatic carbocycles. The predicted molar refractivity (Wildman–Crippen MR) is 130 cm³/mol. The van der Waals surface area contributed by atoms with Gasteiger partial charge in [0.05, 0.1) is 26.3 Å². The van der Waals surface area contributed by atoms with Crippen LogP contribution in [0.4, 0.5) is 13.2 Å². The molecule has 1 aromatic rings. The normalized spacial score (nSPS) is 22.0. The van der Waals surface area contributed by atoms with E-state index in [1.54, 1.807) is 0 Å². The van der Waals surface area contributed by atoms with Gasteiger partial charge in [0, 0.05) is 31.6 Å². The summed E-state index contributed by atoms with van der Waals surface area (Å²) in [5, 5.41) is 6.51. The van der Waals surface area contributed by atoms with Crippen LogP contribution < -0.4 is 15.4 Å². The highest BCUT2D eigenvalue weighted by atomic mass is 127. The first-order valence-electron chi connectivity index (χ1n) is 11.0. The monoisotopic (exact) mass is 570 g/mol. The van der Waals surface area contributed by atoms with Crippen LogP contribution in [0, 0.1) is 12.8 Å². The third kappa shape index (κ3) is 8.93. The Balaban J connectivity index is 0.00000363. The van der Waals surface area contributed by atoms with E-state index < -0.39 is 12.7 Å². The van der Waals surface area contributed by atoms with Crippen LogP contribution in [0.25, 0.3) is 0 Å². The number of rotatable bonds is 8. The Kier molecular flexibility index (Phi) is 10.8. The van der Waals surface area contributed by atoms with Gasteiger partial charge >= 0.3 is 6.18 Å². The van der Waals surface area contributed by atoms with Crippen molar-refractivity contribution in [2.75, 3.05) is 45.9 Å². The molecule has 3 rings (SSSR count). The van der Waals surface area contributed by atoms with Crippen LogP contribution in [0.5, 0.6) is 5.75 Å². The van der Waals surface area contributed by atoms with E-state index in [0.29, 0.717) is 45.3 Å². The summed E-state index contributed by atoms with van der Waals surface area (Å²) in [6.45, 7) is 7.18. The molecule has 2 saturated heterocycles. The first-order valence-corrected chi connectivity index (χ1v) is 11.0. The van der Waals surface area contributed by atoms with Crippen molar-refractivity contribution in [1.29, 1.82) is 0 Å². The average molecular weight is 570 g/mol. The quantitative estimate of drug-likeness (QED) is 0.284. The van der Waals surface area contributed by atoms with Gasteiger partial charge in [-0.1, -0.05) is 12.1 Å². The molecule has 2 aliphatic heterocycles. The molecule has 2 heterocycles. The topological polar surface area (TPSA) is 58.1 Å². The molecule has 0 spiro atoms. The van der Waals surface area contributed by atoms with Crippen molar-refractivity contribution in [3.63, 3.8) is 0 Å². The van der Waals surface area contributed by atoms with Crippen LogP contribution in [-0.4, -0.2) is 69.1 Å². The van der Waals surface area contributed by atoms with E-state index in [1.807, 2.05) is 32.0 Å². The van der Waals surface area contributed by atoms with Gasteiger partial charge in [-0.15, -0.1) is 24.0 Å². The molecule has 2 atom stereocenters. The zero-order valence-electron chi connectivity index (χ0n) is 18.7. The van der Waals surface area contributed by atoms with Gasteiger partial charge in [-0.05, 0) is 44.4 Å². The molecule has 0 saturated carbocycles. The molecule has 182 valence electrons. The van der Waals surface area contributed by atoms with Gasteiger partial charge in [0.1, 0.15) is 11.9 Å². The fraction of sp³-hybridized carbons (Fsp3) is 0.682. The van der Waals surface area contributed by atoms with Gasteiger partial charge in [-0.3, -0.25) is 4.90 Å². The van der Waals surface area contributed by atoms with Crippen molar-refractivity contribution >= 4 is 29.9 Å². The molecule has 2 aliphatic rings. The molecular weight excluding hydrogens is 536 g/mol. The highest BCUT2D eigenvalue weighted by Gasteiger charge is 2.34. The minimum absolute atomic E-state index is 0. The molecule has 32 heavy (non-hydrogen) atoms. The van der Waals surface area contributed by atoms with Crippen molar-refractivity contribution in [3.8, 4) is 5.75 Å². The van der Waals surface area contributed by atoms with Crippen LogP contribution in [0.2, 0.25) is 0 Å². The van der Waals surface area contributed by atoms with Gasteiger partial charge < -0.3 is 20.1 Å². The Labute approximate surface area is 205 Å². The second-order valence-corrected chi connectivity index (χ2v) is 8.30. The fourth-order valence-electron chi connectivity index (χ4n) is 3.91. The largest absolute Gasteiger partial charge is 0.488 e. The molecule has 0 bridgehead atoms. The summed E-state index contributed by atoms with van der Waals surface area (Å²) in [6, 6.07) is 6.09. The average Bonchev–Trinajstić information content (AvgIpc) is 3.36. The van der Waals surface area contributed by atoms with Crippen molar-refractivity contribution in [2.45, 2.75) is 45.5 Å². The smallest absolute Gasteiger partial charge is 0.401 e. The molecule has 2 unspecified atom stereocenters. The molecule has 2 N–H and O–H groups in total. The van der Waals surface area contributed by atoms with E-state index in [2.05, 4.69) is 15.6 Å². The second kappa shape index (κ2) is 12.8. The Morgan fingerprint density at radius 1 is 1.28 bits per heavy atom. The van der Waals surface area contributed by atoms with Gasteiger partial charge in [-0.2, -0.15) is 13.2 Å². The van der Waals surface area contributed by atoms with Crippen molar-refractivity contribution < 1.29 is 22.6 Å². The summed E-state index contributed by atoms with van der Waals surface area (Å²) in [5.74, 6) is 1.66. The van der Waals surface area contributed by atoms with Crippen molar-refractivity contribution in [3.05, 3.63) is 29.3 Å². The summed E-state index contributed by atoms with van der Waals surface area (Å²) in [6.07, 6.45) is -2.44. The zero-order valence-corrected chi connectivity index (χ0v) is 21.0. The number of hydrogen-bond acceptors (Lipinski definition) is 4. The third-order valence-corrected chi connectivity index (χ3v) is 5.49. The Bertz CT molecular complexity index is 742. The van der Waals surface area contributed by atoms with Crippen LogP contribution in [0.1, 0.15) is 30.9 Å². The molecule has 10 heteroatoms. The number of ether oxygens (including phenoxy) is 2. The van der Waals surface area contributed by atoms with E-state index in [0.717, 1.165) is 36.3 Å². The summed E-state index contributed by atoms with van der Waals surface area (Å²) in [7, 11) is 0. The molecule has 6 nitrogen and oxygen atoms in total. The highest BCUT2D eigenvalue weighted by Crippen LogP contribution is 2.25. The second-order valence-electron chi connectivity index (χ2n) is 8.30. The van der Waals surface area contributed by atoms with Crippen LogP contribution in [0.3, 0.4) is 0 Å². The van der Waals surface area contributed by atoms with E-state index >= 15 is 0 Å². The molecule has 2 fully saturated rings. The van der Waals surface area contributed by atoms with E-state index in [-0.39, 0.29) is 36.0 Å². The molecule has 0 radical (unpaired) electrons. The number of nitrogens with one attached hydrogen (secondary N) is 2. The van der Waals surface area contributed by atoms with Crippen molar-refractivity contribution in [1.82, 2.24) is 15.5 Å². The number of halogens is 4. The number of likely N-dealkylation sites (tertiary alicyclic amines) is 1. The van der Waals surface area contributed by atoms with Crippen LogP contribution in [0.15, 0.2) is 23.2 Å². The number of nitrogens with zero attached hydrogens (tertiary/aromatic N) is 2. The Morgan fingerprint density at radius 2 is 2.09 bits per heavy atom. The van der Waals surface area contributed by atoms with Gasteiger partial charge in [-0.25, -0.2) is 4.99 Å². The number of aryl methyl sites for hydroxylation is 1. The van der Waals surface area contributed by atoms with Gasteiger partial charge in [0.25, 0.3) is 0 Å². The maximum Gasteiger partial charge on any atom is 0.401 e. The third-order valence-electron chi connectivity index (χ3n) is 5.49. The van der Waals surface area contributed by atoms with Crippen molar-refractivity contribution in [2.24, 2.45) is 10.9 Å². The maximum atomic E-state index is 12.6. The highest BCUT2D eigenvalue weighted by molar-refractivity contribution is 14.0.